The van der Waals surface area contributed by atoms with Gasteiger partial charge in [0, 0.05) is 4.90 Å². The number of ether oxygens (including phenoxy) is 1. The zero-order valence-electron chi connectivity index (χ0n) is 11.5. The number of hydrogen-bond acceptors (Lipinski definition) is 3. The third-order valence-corrected chi connectivity index (χ3v) is 5.28. The molecular formula is C17H18O2S. The summed E-state index contributed by atoms with van der Waals surface area (Å²) < 4.78 is 5.10. The predicted octanol–water partition coefficient (Wildman–Crippen LogP) is 4.05. The summed E-state index contributed by atoms with van der Waals surface area (Å²) in [5, 5.41) is 10.7. The lowest BCUT2D eigenvalue weighted by Crippen LogP contribution is -2.16. The molecular weight excluding hydrogens is 268 g/mol. The van der Waals surface area contributed by atoms with E-state index in [1.165, 1.54) is 4.90 Å². The van der Waals surface area contributed by atoms with Crippen molar-refractivity contribution in [1.82, 2.24) is 0 Å². The first kappa shape index (κ1) is 13.5. The first-order chi connectivity index (χ1) is 9.73. The van der Waals surface area contributed by atoms with Gasteiger partial charge in [-0.15, -0.1) is 11.8 Å². The highest BCUT2D eigenvalue weighted by atomic mass is 32.2. The highest BCUT2D eigenvalue weighted by Crippen LogP contribution is 2.58. The van der Waals surface area contributed by atoms with Gasteiger partial charge in [0.1, 0.15) is 5.75 Å². The minimum absolute atomic E-state index is 0.0596. The van der Waals surface area contributed by atoms with Crippen LogP contribution in [-0.4, -0.2) is 17.0 Å². The zero-order chi connectivity index (χ0) is 14.0. The van der Waals surface area contributed by atoms with Crippen molar-refractivity contribution in [2.45, 2.75) is 28.6 Å². The SMILES string of the molecule is COc1ccc(C(O)C2(Sc3ccccc3)CC2)cc1. The molecule has 1 atom stereocenters. The van der Waals surface area contributed by atoms with Crippen molar-refractivity contribution in [3.05, 3.63) is 60.2 Å². The van der Waals surface area contributed by atoms with Gasteiger partial charge in [0.05, 0.1) is 18.0 Å². The van der Waals surface area contributed by atoms with Crippen LogP contribution in [0.25, 0.3) is 0 Å². The quantitative estimate of drug-likeness (QED) is 0.899. The average Bonchev–Trinajstić information content (AvgIpc) is 3.28. The Morgan fingerprint density at radius 2 is 1.70 bits per heavy atom. The minimum Gasteiger partial charge on any atom is -0.497 e. The Balaban J connectivity index is 1.77. The number of benzene rings is 2. The monoisotopic (exact) mass is 286 g/mol. The van der Waals surface area contributed by atoms with Crippen molar-refractivity contribution in [2.24, 2.45) is 0 Å². The van der Waals surface area contributed by atoms with E-state index in [1.807, 2.05) is 42.5 Å². The number of aliphatic hydroxyl groups excluding tert-OH is 1. The number of thioether (sulfide) groups is 1. The van der Waals surface area contributed by atoms with Crippen molar-refractivity contribution < 1.29 is 9.84 Å². The topological polar surface area (TPSA) is 29.5 Å². The Bertz CT molecular complexity index is 561. The molecule has 0 heterocycles. The molecule has 1 fully saturated rings. The van der Waals surface area contributed by atoms with E-state index in [1.54, 1.807) is 18.9 Å². The molecule has 0 radical (unpaired) electrons. The summed E-state index contributed by atoms with van der Waals surface area (Å²) in [5.41, 5.74) is 0.965. The maximum atomic E-state index is 10.7. The fraction of sp³-hybridized carbons (Fsp3) is 0.294. The van der Waals surface area contributed by atoms with Crippen LogP contribution in [0.1, 0.15) is 24.5 Å². The summed E-state index contributed by atoms with van der Waals surface area (Å²) in [7, 11) is 1.65. The Labute approximate surface area is 123 Å². The highest BCUT2D eigenvalue weighted by molar-refractivity contribution is 8.01. The Kier molecular flexibility index (Phi) is 3.72. The van der Waals surface area contributed by atoms with Crippen LogP contribution in [-0.2, 0) is 0 Å². The number of rotatable bonds is 5. The summed E-state index contributed by atoms with van der Waals surface area (Å²) in [4.78, 5) is 1.22. The third kappa shape index (κ3) is 2.69. The first-order valence-corrected chi connectivity index (χ1v) is 7.61. The second-order valence-electron chi connectivity index (χ2n) is 5.16. The van der Waals surface area contributed by atoms with Gasteiger partial charge in [0.2, 0.25) is 0 Å². The summed E-state index contributed by atoms with van der Waals surface area (Å²) in [6.07, 6.45) is 1.68. The molecule has 1 aliphatic rings. The van der Waals surface area contributed by atoms with Crippen LogP contribution in [0.2, 0.25) is 0 Å². The lowest BCUT2D eigenvalue weighted by Gasteiger charge is -2.22. The van der Waals surface area contributed by atoms with Crippen molar-refractivity contribution in [3.63, 3.8) is 0 Å². The van der Waals surface area contributed by atoms with Crippen molar-refractivity contribution in [2.75, 3.05) is 7.11 Å². The van der Waals surface area contributed by atoms with Crippen LogP contribution in [0, 0.1) is 0 Å². The maximum Gasteiger partial charge on any atom is 0.118 e. The van der Waals surface area contributed by atoms with Gasteiger partial charge in [-0.2, -0.15) is 0 Å². The van der Waals surface area contributed by atoms with E-state index in [4.69, 9.17) is 4.74 Å². The van der Waals surface area contributed by atoms with E-state index >= 15 is 0 Å². The largest absolute Gasteiger partial charge is 0.497 e. The summed E-state index contributed by atoms with van der Waals surface area (Å²) in [5.74, 6) is 0.821. The molecule has 3 heteroatoms. The molecule has 0 aliphatic heterocycles. The molecule has 0 bridgehead atoms. The average molecular weight is 286 g/mol. The second-order valence-corrected chi connectivity index (χ2v) is 6.64. The van der Waals surface area contributed by atoms with Gasteiger partial charge < -0.3 is 9.84 Å². The maximum absolute atomic E-state index is 10.7. The second kappa shape index (κ2) is 5.51. The van der Waals surface area contributed by atoms with Crippen molar-refractivity contribution in [3.8, 4) is 5.75 Å². The molecule has 104 valence electrons. The van der Waals surface area contributed by atoms with E-state index < -0.39 is 6.10 Å². The lowest BCUT2D eigenvalue weighted by atomic mass is 10.1. The predicted molar refractivity (Wildman–Crippen MR) is 82.2 cm³/mol. The Morgan fingerprint density at radius 3 is 2.25 bits per heavy atom. The molecule has 0 saturated heterocycles. The highest BCUT2D eigenvalue weighted by Gasteiger charge is 2.50. The molecule has 1 saturated carbocycles. The molecule has 0 amide bonds. The van der Waals surface area contributed by atoms with Crippen LogP contribution in [0.15, 0.2) is 59.5 Å². The van der Waals surface area contributed by atoms with Crippen molar-refractivity contribution in [1.29, 1.82) is 0 Å². The Hall–Kier alpha value is -1.45. The number of hydrogen-bond donors (Lipinski definition) is 1. The lowest BCUT2D eigenvalue weighted by molar-refractivity contribution is 0.167. The molecule has 2 aromatic carbocycles. The van der Waals surface area contributed by atoms with E-state index in [-0.39, 0.29) is 4.75 Å². The number of methoxy groups -OCH3 is 1. The third-order valence-electron chi connectivity index (χ3n) is 3.74. The molecule has 2 nitrogen and oxygen atoms in total. The van der Waals surface area contributed by atoms with E-state index in [9.17, 15) is 5.11 Å². The van der Waals surface area contributed by atoms with Gasteiger partial charge in [-0.1, -0.05) is 30.3 Å². The summed E-state index contributed by atoms with van der Waals surface area (Å²) in [6, 6.07) is 18.0. The molecule has 20 heavy (non-hydrogen) atoms. The molecule has 1 unspecified atom stereocenters. The standard InChI is InChI=1S/C17H18O2S/c1-19-14-9-7-13(8-10-14)16(18)17(11-12-17)20-15-5-3-2-4-6-15/h2-10,16,18H,11-12H2,1H3. The minimum atomic E-state index is -0.432. The fourth-order valence-electron chi connectivity index (χ4n) is 2.37. The van der Waals surface area contributed by atoms with Crippen LogP contribution in [0.3, 0.4) is 0 Å². The Morgan fingerprint density at radius 1 is 1.05 bits per heavy atom. The van der Waals surface area contributed by atoms with Gasteiger partial charge in [-0.05, 0) is 42.7 Å². The molecule has 0 spiro atoms. The fourth-order valence-corrected chi connectivity index (χ4v) is 3.68. The first-order valence-electron chi connectivity index (χ1n) is 6.80. The van der Waals surface area contributed by atoms with E-state index in [2.05, 4.69) is 12.1 Å². The molecule has 1 aliphatic carbocycles. The zero-order valence-corrected chi connectivity index (χ0v) is 12.3. The van der Waals surface area contributed by atoms with Crippen molar-refractivity contribution >= 4 is 11.8 Å². The number of aliphatic hydroxyl groups is 1. The van der Waals surface area contributed by atoms with Gasteiger partial charge in [-0.3, -0.25) is 0 Å². The van der Waals surface area contributed by atoms with Gasteiger partial charge in [-0.25, -0.2) is 0 Å². The van der Waals surface area contributed by atoms with Gasteiger partial charge >= 0.3 is 0 Å². The normalized spacial score (nSPS) is 17.5. The molecule has 3 rings (SSSR count). The van der Waals surface area contributed by atoms with Crippen LogP contribution in [0.4, 0.5) is 0 Å². The summed E-state index contributed by atoms with van der Waals surface area (Å²) in [6.45, 7) is 0. The van der Waals surface area contributed by atoms with E-state index in [0.29, 0.717) is 0 Å². The molecule has 0 aromatic heterocycles. The van der Waals surface area contributed by atoms with E-state index in [0.717, 1.165) is 24.2 Å². The summed E-state index contributed by atoms with van der Waals surface area (Å²) >= 11 is 1.79. The van der Waals surface area contributed by atoms with Gasteiger partial charge in [0.25, 0.3) is 0 Å². The van der Waals surface area contributed by atoms with Crippen LogP contribution in [0.5, 0.6) is 5.75 Å². The van der Waals surface area contributed by atoms with Crippen LogP contribution >= 0.6 is 11.8 Å². The van der Waals surface area contributed by atoms with Gasteiger partial charge in [0.15, 0.2) is 0 Å². The smallest absolute Gasteiger partial charge is 0.118 e. The molecule has 2 aromatic rings. The van der Waals surface area contributed by atoms with Crippen LogP contribution < -0.4 is 4.74 Å². The molecule has 1 N–H and O–H groups in total.